The molecule has 0 radical (unpaired) electrons. The Hall–Kier alpha value is -2.20. The maximum absolute atomic E-state index is 4.84. The van der Waals surface area contributed by atoms with Crippen LogP contribution in [0.25, 0.3) is 22.0 Å². The van der Waals surface area contributed by atoms with Crippen molar-refractivity contribution in [1.29, 1.82) is 0 Å². The number of pyridine rings is 1. The van der Waals surface area contributed by atoms with Crippen LogP contribution in [0.1, 0.15) is 12.1 Å². The van der Waals surface area contributed by atoms with Crippen LogP contribution in [0, 0.1) is 0 Å². The number of aryl methyl sites for hydroxylation is 1. The zero-order valence-corrected chi connectivity index (χ0v) is 11.7. The van der Waals surface area contributed by atoms with Crippen molar-refractivity contribution >= 4 is 10.8 Å². The van der Waals surface area contributed by atoms with Gasteiger partial charge in [0.1, 0.15) is 0 Å². The largest absolute Gasteiger partial charge is 0.315 e. The lowest BCUT2D eigenvalue weighted by Gasteiger charge is -2.38. The van der Waals surface area contributed by atoms with E-state index in [1.807, 2.05) is 12.4 Å². The first-order valence-corrected chi connectivity index (χ1v) is 7.48. The Morgan fingerprint density at radius 1 is 1.14 bits per heavy atom. The highest BCUT2D eigenvalue weighted by molar-refractivity contribution is 5.94. The van der Waals surface area contributed by atoms with Crippen LogP contribution in [-0.4, -0.2) is 27.9 Å². The van der Waals surface area contributed by atoms with E-state index in [9.17, 15) is 0 Å². The molecule has 0 bridgehead atoms. The first-order valence-electron chi connectivity index (χ1n) is 7.48. The van der Waals surface area contributed by atoms with Crippen molar-refractivity contribution in [2.75, 3.05) is 13.1 Å². The molecular formula is C17H16N4. The number of benzene rings is 1. The van der Waals surface area contributed by atoms with Gasteiger partial charge in [0.25, 0.3) is 0 Å². The summed E-state index contributed by atoms with van der Waals surface area (Å²) in [4.78, 5) is 4.38. The Bertz CT molecular complexity index is 840. The van der Waals surface area contributed by atoms with Gasteiger partial charge in [0.15, 0.2) is 0 Å². The predicted molar refractivity (Wildman–Crippen MR) is 82.1 cm³/mol. The number of aromatic nitrogens is 3. The summed E-state index contributed by atoms with van der Waals surface area (Å²) in [6, 6.07) is 10.7. The van der Waals surface area contributed by atoms with Gasteiger partial charge < -0.3 is 5.32 Å². The van der Waals surface area contributed by atoms with Crippen molar-refractivity contribution in [2.24, 2.45) is 0 Å². The van der Waals surface area contributed by atoms with Crippen LogP contribution in [-0.2, 0) is 12.0 Å². The van der Waals surface area contributed by atoms with Gasteiger partial charge >= 0.3 is 0 Å². The molecule has 1 aromatic carbocycles. The molecule has 4 heteroatoms. The van der Waals surface area contributed by atoms with E-state index < -0.39 is 0 Å². The van der Waals surface area contributed by atoms with Crippen molar-refractivity contribution in [2.45, 2.75) is 18.4 Å². The summed E-state index contributed by atoms with van der Waals surface area (Å²) in [5.74, 6) is 0. The highest BCUT2D eigenvalue weighted by atomic mass is 15.3. The van der Waals surface area contributed by atoms with Crippen LogP contribution in [0.3, 0.4) is 0 Å². The molecule has 2 aliphatic heterocycles. The number of nitrogens with zero attached hydrogens (tertiary/aromatic N) is 3. The maximum Gasteiger partial charge on any atom is 0.0948 e. The summed E-state index contributed by atoms with van der Waals surface area (Å²) < 4.78 is 2.19. The molecule has 21 heavy (non-hydrogen) atoms. The molecule has 4 nitrogen and oxygen atoms in total. The van der Waals surface area contributed by atoms with Gasteiger partial charge in [-0.25, -0.2) is 0 Å². The number of hydrogen-bond donors (Lipinski definition) is 1. The fraction of sp³-hybridized carbons (Fsp3) is 0.294. The summed E-state index contributed by atoms with van der Waals surface area (Å²) in [6.45, 7) is 3.22. The van der Waals surface area contributed by atoms with Crippen LogP contribution >= 0.6 is 0 Å². The molecule has 5 rings (SSSR count). The fourth-order valence-corrected chi connectivity index (χ4v) is 3.70. The van der Waals surface area contributed by atoms with Gasteiger partial charge in [-0.3, -0.25) is 9.67 Å². The lowest BCUT2D eigenvalue weighted by molar-refractivity contribution is 0.276. The minimum Gasteiger partial charge on any atom is -0.315 e. The molecule has 1 spiro atoms. The van der Waals surface area contributed by atoms with Gasteiger partial charge in [-0.2, -0.15) is 5.10 Å². The first-order chi connectivity index (χ1) is 10.4. The molecule has 1 N–H and O–H groups in total. The van der Waals surface area contributed by atoms with E-state index in [0.29, 0.717) is 5.41 Å². The molecule has 4 heterocycles. The van der Waals surface area contributed by atoms with Crippen LogP contribution in [0.2, 0.25) is 0 Å². The highest BCUT2D eigenvalue weighted by Crippen LogP contribution is 2.40. The lowest BCUT2D eigenvalue weighted by atomic mass is 9.77. The molecular weight excluding hydrogens is 260 g/mol. The van der Waals surface area contributed by atoms with Crippen molar-refractivity contribution in [3.05, 3.63) is 48.4 Å². The Morgan fingerprint density at radius 3 is 2.90 bits per heavy atom. The number of nitrogens with one attached hydrogen (secondary N) is 1. The standard InChI is InChI=1S/C17H16N4/c1-2-4-13-12(3-1)8-18-9-14(13)15-7-16-17(10-19-11-17)5-6-21(16)20-15/h1-4,7-9,19H,5-6,10-11H2. The van der Waals surface area contributed by atoms with E-state index in [1.54, 1.807) is 0 Å². The topological polar surface area (TPSA) is 42.7 Å². The smallest absolute Gasteiger partial charge is 0.0948 e. The van der Waals surface area contributed by atoms with Gasteiger partial charge in [-0.15, -0.1) is 0 Å². The molecule has 0 unspecified atom stereocenters. The minimum absolute atomic E-state index is 0.337. The van der Waals surface area contributed by atoms with Gasteiger partial charge in [0.2, 0.25) is 0 Å². The zero-order chi connectivity index (χ0) is 13.9. The molecule has 0 atom stereocenters. The molecule has 3 aromatic rings. The lowest BCUT2D eigenvalue weighted by Crippen LogP contribution is -2.55. The SMILES string of the molecule is c1ccc2c(-c3cc4n(n3)CCC43CNC3)cncc2c1. The first kappa shape index (κ1) is 11.5. The van der Waals surface area contributed by atoms with Gasteiger partial charge in [0.05, 0.1) is 5.69 Å². The number of fused-ring (bicyclic) bond motifs is 3. The Balaban J connectivity index is 1.70. The van der Waals surface area contributed by atoms with Crippen molar-refractivity contribution in [3.8, 4) is 11.3 Å². The second-order valence-electron chi connectivity index (χ2n) is 6.18. The maximum atomic E-state index is 4.84. The van der Waals surface area contributed by atoms with E-state index in [1.165, 1.54) is 22.9 Å². The molecule has 1 fully saturated rings. The van der Waals surface area contributed by atoms with Crippen LogP contribution in [0.15, 0.2) is 42.7 Å². The van der Waals surface area contributed by atoms with Crippen molar-refractivity contribution < 1.29 is 0 Å². The molecule has 0 aliphatic carbocycles. The predicted octanol–water partition coefficient (Wildman–Crippen LogP) is 2.34. The second-order valence-corrected chi connectivity index (χ2v) is 6.18. The quantitative estimate of drug-likeness (QED) is 0.742. The molecule has 0 amide bonds. The highest BCUT2D eigenvalue weighted by Gasteiger charge is 2.45. The fourth-order valence-electron chi connectivity index (χ4n) is 3.70. The van der Waals surface area contributed by atoms with E-state index in [4.69, 9.17) is 5.10 Å². The Morgan fingerprint density at radius 2 is 2.05 bits per heavy atom. The average Bonchev–Trinajstić information content (AvgIpc) is 3.04. The molecule has 2 aromatic heterocycles. The van der Waals surface area contributed by atoms with Gasteiger partial charge in [-0.05, 0) is 17.9 Å². The van der Waals surface area contributed by atoms with Crippen LogP contribution in [0.4, 0.5) is 0 Å². The second kappa shape index (κ2) is 3.92. The molecule has 0 saturated carbocycles. The molecule has 2 aliphatic rings. The number of rotatable bonds is 1. The summed E-state index contributed by atoms with van der Waals surface area (Å²) in [6.07, 6.45) is 5.07. The third-order valence-corrected chi connectivity index (χ3v) is 5.00. The number of hydrogen-bond acceptors (Lipinski definition) is 3. The Labute approximate surface area is 122 Å². The summed E-state index contributed by atoms with van der Waals surface area (Å²) >= 11 is 0. The molecule has 104 valence electrons. The van der Waals surface area contributed by atoms with E-state index >= 15 is 0 Å². The van der Waals surface area contributed by atoms with E-state index in [-0.39, 0.29) is 0 Å². The Kier molecular flexibility index (Phi) is 2.14. The minimum atomic E-state index is 0.337. The normalized spacial score (nSPS) is 18.9. The third-order valence-electron chi connectivity index (χ3n) is 5.00. The third kappa shape index (κ3) is 1.48. The van der Waals surface area contributed by atoms with Crippen LogP contribution in [0.5, 0.6) is 0 Å². The van der Waals surface area contributed by atoms with Crippen molar-refractivity contribution in [1.82, 2.24) is 20.1 Å². The van der Waals surface area contributed by atoms with Crippen molar-refractivity contribution in [3.63, 3.8) is 0 Å². The van der Waals surface area contributed by atoms with Crippen LogP contribution < -0.4 is 5.32 Å². The summed E-state index contributed by atoms with van der Waals surface area (Å²) in [5.41, 5.74) is 3.92. The van der Waals surface area contributed by atoms with E-state index in [0.717, 1.165) is 30.9 Å². The summed E-state index contributed by atoms with van der Waals surface area (Å²) in [5, 5.41) is 10.6. The van der Waals surface area contributed by atoms with Gasteiger partial charge in [0, 0.05) is 54.1 Å². The zero-order valence-electron chi connectivity index (χ0n) is 11.7. The summed E-state index contributed by atoms with van der Waals surface area (Å²) in [7, 11) is 0. The average molecular weight is 276 g/mol. The molecule has 1 saturated heterocycles. The van der Waals surface area contributed by atoms with Gasteiger partial charge in [-0.1, -0.05) is 24.3 Å². The van der Waals surface area contributed by atoms with E-state index in [2.05, 4.69) is 45.3 Å². The monoisotopic (exact) mass is 276 g/mol.